The zero-order chi connectivity index (χ0) is 24.5. The average Bonchev–Trinajstić information content (AvgIpc) is 3.30. The van der Waals surface area contributed by atoms with Gasteiger partial charge in [-0.15, -0.1) is 11.3 Å². The molecule has 4 rings (SSSR count). The molecule has 4 aromatic rings. The fraction of sp³-hybridized carbons (Fsp3) is 0.0455. The number of pyridine rings is 1. The molecule has 0 unspecified atom stereocenters. The lowest BCUT2D eigenvalue weighted by Gasteiger charge is -2.12. The maximum Gasteiger partial charge on any atom is 0.338 e. The van der Waals surface area contributed by atoms with E-state index in [1.54, 1.807) is 24.3 Å². The minimum atomic E-state index is -4.23. The highest BCUT2D eigenvalue weighted by Crippen LogP contribution is 2.32. The first-order valence-electron chi connectivity index (χ1n) is 9.48. The Hall–Kier alpha value is -3.90. The largest absolute Gasteiger partial charge is 0.495 e. The molecule has 12 heteroatoms. The molecule has 2 N–H and O–H groups in total. The number of rotatable bonds is 7. The molecule has 2 heterocycles. The van der Waals surface area contributed by atoms with Crippen LogP contribution in [-0.2, 0) is 10.0 Å². The van der Waals surface area contributed by atoms with Crippen LogP contribution in [0.2, 0.25) is 0 Å². The molecule has 0 aliphatic rings. The Morgan fingerprint density at radius 1 is 1.06 bits per heavy atom. The van der Waals surface area contributed by atoms with E-state index in [4.69, 9.17) is 9.84 Å². The predicted molar refractivity (Wildman–Crippen MR) is 121 cm³/mol. The van der Waals surface area contributed by atoms with E-state index in [1.807, 2.05) is 0 Å². The maximum atomic E-state index is 14.1. The predicted octanol–water partition coefficient (Wildman–Crippen LogP) is 4.66. The molecule has 0 amide bonds. The van der Waals surface area contributed by atoms with Crippen LogP contribution in [0.5, 0.6) is 5.75 Å². The zero-order valence-electron chi connectivity index (χ0n) is 17.3. The van der Waals surface area contributed by atoms with Gasteiger partial charge in [-0.2, -0.15) is 8.42 Å². The second-order valence-electron chi connectivity index (χ2n) is 6.90. The number of carbonyl (C=O) groups is 1. The number of carboxylic acids is 1. The highest BCUT2D eigenvalue weighted by molar-refractivity contribution is 7.92. The van der Waals surface area contributed by atoms with Gasteiger partial charge in [0.05, 0.1) is 24.6 Å². The summed E-state index contributed by atoms with van der Waals surface area (Å²) in [5.74, 6) is -3.27. The molecule has 34 heavy (non-hydrogen) atoms. The third kappa shape index (κ3) is 4.72. The smallest absolute Gasteiger partial charge is 0.338 e. The average molecular weight is 504 g/mol. The molecule has 0 saturated carbocycles. The molecule has 0 saturated heterocycles. The number of nitrogens with zero attached hydrogens (tertiary/aromatic N) is 2. The van der Waals surface area contributed by atoms with Gasteiger partial charge in [-0.1, -0.05) is 24.3 Å². The molecule has 0 aliphatic carbocycles. The van der Waals surface area contributed by atoms with Crippen LogP contribution in [0.3, 0.4) is 0 Å². The van der Waals surface area contributed by atoms with Gasteiger partial charge in [0.1, 0.15) is 22.4 Å². The summed E-state index contributed by atoms with van der Waals surface area (Å²) >= 11 is 1.08. The Morgan fingerprint density at radius 2 is 1.76 bits per heavy atom. The first kappa shape index (κ1) is 23.3. The molecule has 0 spiro atoms. The van der Waals surface area contributed by atoms with Crippen LogP contribution in [0.25, 0.3) is 21.7 Å². The van der Waals surface area contributed by atoms with Gasteiger partial charge in [-0.25, -0.2) is 18.6 Å². The Morgan fingerprint density at radius 3 is 2.41 bits per heavy atom. The van der Waals surface area contributed by atoms with Gasteiger partial charge in [0.15, 0.2) is 5.03 Å². The van der Waals surface area contributed by atoms with Crippen molar-refractivity contribution in [3.05, 3.63) is 77.4 Å². The van der Waals surface area contributed by atoms with E-state index in [2.05, 4.69) is 14.7 Å². The number of hydrogen-bond acceptors (Lipinski definition) is 7. The van der Waals surface area contributed by atoms with E-state index >= 15 is 0 Å². The fourth-order valence-electron chi connectivity index (χ4n) is 3.05. The summed E-state index contributed by atoms with van der Waals surface area (Å²) in [6, 6.07) is 9.86. The van der Waals surface area contributed by atoms with Crippen molar-refractivity contribution in [3.63, 3.8) is 0 Å². The normalized spacial score (nSPS) is 11.3. The molecule has 0 aliphatic heterocycles. The second-order valence-corrected chi connectivity index (χ2v) is 9.39. The summed E-state index contributed by atoms with van der Waals surface area (Å²) in [6.45, 7) is 0. The molecule has 174 valence electrons. The van der Waals surface area contributed by atoms with E-state index in [0.717, 1.165) is 35.2 Å². The van der Waals surface area contributed by atoms with Gasteiger partial charge in [0, 0.05) is 28.8 Å². The molecule has 2 aromatic carbocycles. The van der Waals surface area contributed by atoms with Crippen LogP contribution < -0.4 is 9.46 Å². The number of methoxy groups -OCH3 is 1. The van der Waals surface area contributed by atoms with Gasteiger partial charge in [-0.3, -0.25) is 9.71 Å². The minimum Gasteiger partial charge on any atom is -0.495 e. The van der Waals surface area contributed by atoms with Crippen LogP contribution in [0, 0.1) is 11.6 Å². The van der Waals surface area contributed by atoms with Crippen LogP contribution in [0.1, 0.15) is 10.4 Å². The van der Waals surface area contributed by atoms with E-state index in [0.29, 0.717) is 16.1 Å². The molecule has 0 radical (unpaired) electrons. The molecular formula is C22H15F2N3O5S2. The maximum absolute atomic E-state index is 14.1. The van der Waals surface area contributed by atoms with Gasteiger partial charge in [0.25, 0.3) is 10.0 Å². The van der Waals surface area contributed by atoms with E-state index in [9.17, 15) is 22.0 Å². The van der Waals surface area contributed by atoms with Crippen molar-refractivity contribution < 1.29 is 31.8 Å². The summed E-state index contributed by atoms with van der Waals surface area (Å²) in [4.78, 5) is 19.1. The number of aromatic carboxylic acids is 1. The number of thiazole rings is 1. The van der Waals surface area contributed by atoms with Crippen LogP contribution in [-0.4, -0.2) is 36.6 Å². The lowest BCUT2D eigenvalue weighted by molar-refractivity contribution is 0.0691. The van der Waals surface area contributed by atoms with Crippen LogP contribution in [0.4, 0.5) is 14.5 Å². The third-order valence-corrected chi connectivity index (χ3v) is 6.98. The van der Waals surface area contributed by atoms with Crippen molar-refractivity contribution in [3.8, 4) is 27.4 Å². The Kier molecular flexibility index (Phi) is 6.26. The topological polar surface area (TPSA) is 118 Å². The van der Waals surface area contributed by atoms with Crippen molar-refractivity contribution >= 4 is 33.0 Å². The van der Waals surface area contributed by atoms with Crippen LogP contribution >= 0.6 is 11.3 Å². The molecule has 0 atom stereocenters. The number of ether oxygens (including phenoxy) is 1. The highest BCUT2D eigenvalue weighted by atomic mass is 32.2. The number of sulfonamides is 1. The third-order valence-electron chi connectivity index (χ3n) is 4.69. The Bertz CT molecular complexity index is 1490. The second kappa shape index (κ2) is 9.15. The number of hydrogen-bond donors (Lipinski definition) is 2. The van der Waals surface area contributed by atoms with Crippen molar-refractivity contribution in [2.75, 3.05) is 11.8 Å². The van der Waals surface area contributed by atoms with Crippen LogP contribution in [0.15, 0.2) is 65.3 Å². The lowest BCUT2D eigenvalue weighted by atomic mass is 10.1. The summed E-state index contributed by atoms with van der Waals surface area (Å²) in [7, 11) is -3.04. The van der Waals surface area contributed by atoms with E-state index in [-0.39, 0.29) is 16.5 Å². The first-order valence-corrected chi connectivity index (χ1v) is 11.8. The molecule has 0 bridgehead atoms. The molecule has 8 nitrogen and oxygen atoms in total. The van der Waals surface area contributed by atoms with Gasteiger partial charge in [-0.05, 0) is 17.7 Å². The summed E-state index contributed by atoms with van der Waals surface area (Å²) < 4.78 is 60.3. The van der Waals surface area contributed by atoms with E-state index in [1.165, 1.54) is 24.8 Å². The van der Waals surface area contributed by atoms with Crippen molar-refractivity contribution in [1.29, 1.82) is 0 Å². The lowest BCUT2D eigenvalue weighted by Crippen LogP contribution is -2.15. The first-order chi connectivity index (χ1) is 16.2. The minimum absolute atomic E-state index is 0.166. The Labute approximate surface area is 196 Å². The SMILES string of the molecule is COc1cc(C(=O)O)c(F)cc1NS(=O)(=O)c1csc(-c2ccc(-c3cncc(F)c3)cc2)n1. The number of benzene rings is 2. The molecule has 0 fully saturated rings. The number of anilines is 1. The number of aromatic nitrogens is 2. The standard InChI is InChI=1S/C22H15F2N3O5S2/c1-32-19-7-16(22(28)29)17(24)8-18(19)27-34(30,31)20-11-33-21(26-20)13-4-2-12(3-5-13)14-6-15(23)10-25-9-14/h2-11,27H,1H3,(H,28,29). The summed E-state index contributed by atoms with van der Waals surface area (Å²) in [6.07, 6.45) is 2.63. The van der Waals surface area contributed by atoms with Gasteiger partial charge >= 0.3 is 5.97 Å². The summed E-state index contributed by atoms with van der Waals surface area (Å²) in [5.41, 5.74) is 1.02. The van der Waals surface area contributed by atoms with Crippen molar-refractivity contribution in [2.24, 2.45) is 0 Å². The number of nitrogens with one attached hydrogen (secondary N) is 1. The van der Waals surface area contributed by atoms with Gasteiger partial charge < -0.3 is 9.84 Å². The summed E-state index contributed by atoms with van der Waals surface area (Å²) in [5, 5.41) is 10.4. The van der Waals surface area contributed by atoms with Crippen molar-refractivity contribution in [2.45, 2.75) is 5.03 Å². The van der Waals surface area contributed by atoms with E-state index < -0.39 is 33.2 Å². The zero-order valence-corrected chi connectivity index (χ0v) is 19.0. The quantitative estimate of drug-likeness (QED) is 0.377. The number of halogens is 2. The fourth-order valence-corrected chi connectivity index (χ4v) is 5.22. The molecular weight excluding hydrogens is 488 g/mol. The molecule has 2 aromatic heterocycles. The monoisotopic (exact) mass is 503 g/mol. The Balaban J connectivity index is 1.59. The highest BCUT2D eigenvalue weighted by Gasteiger charge is 2.23. The van der Waals surface area contributed by atoms with Crippen molar-refractivity contribution in [1.82, 2.24) is 9.97 Å². The van der Waals surface area contributed by atoms with Gasteiger partial charge in [0.2, 0.25) is 0 Å². The number of carboxylic acid groups (broad SMARTS) is 1.